The van der Waals surface area contributed by atoms with Crippen LogP contribution < -0.4 is 5.73 Å². The minimum absolute atomic E-state index is 0.166. The molecule has 0 spiro atoms. The molecule has 1 heterocycles. The molecule has 1 amide bonds. The molecule has 17 heavy (non-hydrogen) atoms. The molecule has 0 aromatic carbocycles. The number of hydrogen-bond donors (Lipinski definition) is 1. The van der Waals surface area contributed by atoms with Crippen LogP contribution in [0.1, 0.15) is 40.5 Å². The highest BCUT2D eigenvalue weighted by atomic mass is 32.2. The van der Waals surface area contributed by atoms with Gasteiger partial charge in [-0.2, -0.15) is 0 Å². The van der Waals surface area contributed by atoms with Gasteiger partial charge in [0.2, 0.25) is 5.91 Å². The quantitative estimate of drug-likeness (QED) is 0.843. The minimum atomic E-state index is 0.166. The highest BCUT2D eigenvalue weighted by Crippen LogP contribution is 2.25. The summed E-state index contributed by atoms with van der Waals surface area (Å²) < 4.78 is 0.166. The Morgan fingerprint density at radius 1 is 1.41 bits per heavy atom. The third-order valence-electron chi connectivity index (χ3n) is 3.26. The lowest BCUT2D eigenvalue weighted by molar-refractivity contribution is -0.129. The van der Waals surface area contributed by atoms with Gasteiger partial charge in [-0.3, -0.25) is 4.79 Å². The van der Waals surface area contributed by atoms with Crippen molar-refractivity contribution < 1.29 is 4.79 Å². The molecular formula is C13H26N2OS. The van der Waals surface area contributed by atoms with Gasteiger partial charge in [-0.25, -0.2) is 0 Å². The van der Waals surface area contributed by atoms with Crippen LogP contribution in [0.5, 0.6) is 0 Å². The molecule has 3 nitrogen and oxygen atoms in total. The van der Waals surface area contributed by atoms with E-state index in [4.69, 9.17) is 5.73 Å². The summed E-state index contributed by atoms with van der Waals surface area (Å²) in [7, 11) is 0. The van der Waals surface area contributed by atoms with Crippen LogP contribution in [0.3, 0.4) is 0 Å². The molecule has 0 radical (unpaired) electrons. The van der Waals surface area contributed by atoms with E-state index in [0.717, 1.165) is 25.9 Å². The van der Waals surface area contributed by atoms with Gasteiger partial charge in [-0.05, 0) is 25.7 Å². The van der Waals surface area contributed by atoms with Crippen LogP contribution in [0.25, 0.3) is 0 Å². The van der Waals surface area contributed by atoms with Crippen LogP contribution >= 0.6 is 11.8 Å². The summed E-state index contributed by atoms with van der Waals surface area (Å²) in [5.74, 6) is 1.48. The number of hydrogen-bond acceptors (Lipinski definition) is 3. The summed E-state index contributed by atoms with van der Waals surface area (Å²) in [6, 6.07) is 0.260. The molecule has 100 valence electrons. The zero-order valence-corrected chi connectivity index (χ0v) is 12.3. The first kappa shape index (κ1) is 14.8. The zero-order chi connectivity index (χ0) is 13.1. The minimum Gasteiger partial charge on any atom is -0.342 e. The highest BCUT2D eigenvalue weighted by molar-refractivity contribution is 8.01. The Kier molecular flexibility index (Phi) is 5.32. The molecule has 0 aliphatic carbocycles. The summed E-state index contributed by atoms with van der Waals surface area (Å²) in [6.45, 7) is 10.3. The lowest BCUT2D eigenvalue weighted by atomic mass is 9.91. The second-order valence-corrected chi connectivity index (χ2v) is 7.78. The molecule has 4 heteroatoms. The largest absolute Gasteiger partial charge is 0.342 e. The molecule has 2 N–H and O–H groups in total. The lowest BCUT2D eigenvalue weighted by Gasteiger charge is -2.34. The number of piperidine rings is 1. The molecular weight excluding hydrogens is 232 g/mol. The fraction of sp³-hybridized carbons (Fsp3) is 0.923. The van der Waals surface area contributed by atoms with Gasteiger partial charge in [-0.15, -0.1) is 11.8 Å². The number of carbonyl (C=O) groups excluding carboxylic acids is 1. The first-order chi connectivity index (χ1) is 7.79. The smallest absolute Gasteiger partial charge is 0.232 e. The molecule has 1 rings (SSSR count). The molecule has 0 bridgehead atoms. The van der Waals surface area contributed by atoms with Crippen molar-refractivity contribution in [1.29, 1.82) is 0 Å². The lowest BCUT2D eigenvalue weighted by Crippen LogP contribution is -2.43. The number of likely N-dealkylation sites (tertiary alicyclic amines) is 1. The Hall–Kier alpha value is -0.220. The number of thioether (sulfide) groups is 1. The van der Waals surface area contributed by atoms with Crippen molar-refractivity contribution in [3.8, 4) is 0 Å². The molecule has 1 unspecified atom stereocenters. The highest BCUT2D eigenvalue weighted by Gasteiger charge is 2.25. The van der Waals surface area contributed by atoms with E-state index in [1.807, 2.05) is 4.90 Å². The monoisotopic (exact) mass is 258 g/mol. The normalized spacial score (nSPS) is 20.4. The molecule has 1 atom stereocenters. The number of rotatable bonds is 3. The van der Waals surface area contributed by atoms with Crippen molar-refractivity contribution in [2.45, 2.75) is 51.3 Å². The topological polar surface area (TPSA) is 46.3 Å². The Bertz CT molecular complexity index is 253. The summed E-state index contributed by atoms with van der Waals surface area (Å²) in [6.07, 6.45) is 2.12. The second-order valence-electron chi connectivity index (χ2n) is 5.98. The summed E-state index contributed by atoms with van der Waals surface area (Å²) >= 11 is 1.73. The van der Waals surface area contributed by atoms with Crippen LogP contribution in [0.2, 0.25) is 0 Å². The van der Waals surface area contributed by atoms with E-state index >= 15 is 0 Å². The van der Waals surface area contributed by atoms with Crippen LogP contribution in [0.15, 0.2) is 0 Å². The summed E-state index contributed by atoms with van der Waals surface area (Å²) in [5.41, 5.74) is 5.90. The Labute approximate surface area is 109 Å². The standard InChI is InChI=1S/C13H26N2OS/c1-10(14)11-5-7-15(8-6-11)12(16)9-17-13(2,3)4/h10-11H,5-9,14H2,1-4H3. The van der Waals surface area contributed by atoms with Crippen molar-refractivity contribution in [1.82, 2.24) is 4.90 Å². The predicted octanol–water partition coefficient (Wildman–Crippen LogP) is 2.10. The Morgan fingerprint density at radius 2 is 1.94 bits per heavy atom. The molecule has 0 saturated carbocycles. The summed E-state index contributed by atoms with van der Waals surface area (Å²) in [5, 5.41) is 0. The molecule has 1 aliphatic rings. The number of nitrogens with two attached hydrogens (primary N) is 1. The van der Waals surface area contributed by atoms with Crippen molar-refractivity contribution in [2.75, 3.05) is 18.8 Å². The van der Waals surface area contributed by atoms with Crippen molar-refractivity contribution >= 4 is 17.7 Å². The maximum absolute atomic E-state index is 12.0. The number of nitrogens with zero attached hydrogens (tertiary/aromatic N) is 1. The average molecular weight is 258 g/mol. The van der Waals surface area contributed by atoms with E-state index in [-0.39, 0.29) is 16.7 Å². The van der Waals surface area contributed by atoms with Crippen molar-refractivity contribution in [2.24, 2.45) is 11.7 Å². The van der Waals surface area contributed by atoms with E-state index in [9.17, 15) is 4.79 Å². The molecule has 1 aliphatic heterocycles. The zero-order valence-electron chi connectivity index (χ0n) is 11.5. The molecule has 0 aromatic heterocycles. The van der Waals surface area contributed by atoms with E-state index in [1.165, 1.54) is 0 Å². The third-order valence-corrected chi connectivity index (χ3v) is 4.52. The van der Waals surface area contributed by atoms with Crippen LogP contribution in [0.4, 0.5) is 0 Å². The van der Waals surface area contributed by atoms with Gasteiger partial charge < -0.3 is 10.6 Å². The van der Waals surface area contributed by atoms with E-state index in [2.05, 4.69) is 27.7 Å². The maximum Gasteiger partial charge on any atom is 0.232 e. The second kappa shape index (κ2) is 6.10. The SMILES string of the molecule is CC(N)C1CCN(C(=O)CSC(C)(C)C)CC1. The van der Waals surface area contributed by atoms with Gasteiger partial charge in [0.25, 0.3) is 0 Å². The molecule has 0 aromatic rings. The van der Waals surface area contributed by atoms with Crippen molar-refractivity contribution in [3.05, 3.63) is 0 Å². The third kappa shape index (κ3) is 5.30. The first-order valence-corrected chi connectivity index (χ1v) is 7.45. The summed E-state index contributed by atoms with van der Waals surface area (Å²) in [4.78, 5) is 14.0. The van der Waals surface area contributed by atoms with Crippen molar-refractivity contribution in [3.63, 3.8) is 0 Å². The van der Waals surface area contributed by atoms with E-state index in [1.54, 1.807) is 11.8 Å². The van der Waals surface area contributed by atoms with Gasteiger partial charge in [-0.1, -0.05) is 20.8 Å². The van der Waals surface area contributed by atoms with Gasteiger partial charge in [0.05, 0.1) is 5.75 Å². The Balaban J connectivity index is 2.31. The van der Waals surface area contributed by atoms with E-state index < -0.39 is 0 Å². The number of amides is 1. The van der Waals surface area contributed by atoms with Crippen LogP contribution in [-0.2, 0) is 4.79 Å². The van der Waals surface area contributed by atoms with Crippen LogP contribution in [0, 0.1) is 5.92 Å². The Morgan fingerprint density at radius 3 is 2.35 bits per heavy atom. The van der Waals surface area contributed by atoms with E-state index in [0.29, 0.717) is 11.7 Å². The predicted molar refractivity (Wildman–Crippen MR) is 75.2 cm³/mol. The molecule has 1 saturated heterocycles. The van der Waals surface area contributed by atoms with Gasteiger partial charge in [0.1, 0.15) is 0 Å². The fourth-order valence-corrected chi connectivity index (χ4v) is 2.78. The average Bonchev–Trinajstić information content (AvgIpc) is 2.25. The van der Waals surface area contributed by atoms with Gasteiger partial charge >= 0.3 is 0 Å². The fourth-order valence-electron chi connectivity index (χ4n) is 2.04. The van der Waals surface area contributed by atoms with Crippen LogP contribution in [-0.4, -0.2) is 40.4 Å². The maximum atomic E-state index is 12.0. The number of carbonyl (C=O) groups is 1. The molecule has 1 fully saturated rings. The van der Waals surface area contributed by atoms with Gasteiger partial charge in [0, 0.05) is 23.9 Å². The first-order valence-electron chi connectivity index (χ1n) is 6.47. The van der Waals surface area contributed by atoms with Gasteiger partial charge in [0.15, 0.2) is 0 Å².